The number of sulfone groups is 1. The predicted octanol–water partition coefficient (Wildman–Crippen LogP) is 2.27. The van der Waals surface area contributed by atoms with Crippen LogP contribution in [0, 0.1) is 0 Å². The predicted molar refractivity (Wildman–Crippen MR) is 67.4 cm³/mol. The molecule has 0 amide bonds. The summed E-state index contributed by atoms with van der Waals surface area (Å²) in [5.74, 6) is -0.226. The Hall–Kier alpha value is -0.870. The third-order valence-electron chi connectivity index (χ3n) is 2.95. The van der Waals surface area contributed by atoms with Crippen LogP contribution in [0.4, 0.5) is 0 Å². The molecule has 0 bridgehead atoms. The molecule has 92 valence electrons. The number of rotatable bonds is 3. The Bertz CT molecular complexity index is 563. The highest BCUT2D eigenvalue weighted by Crippen LogP contribution is 2.29. The van der Waals surface area contributed by atoms with Gasteiger partial charge in [0.2, 0.25) is 0 Å². The molecule has 0 aromatic heterocycles. The van der Waals surface area contributed by atoms with Gasteiger partial charge in [0.05, 0.1) is 5.75 Å². The molecule has 1 aromatic carbocycles. The molecule has 1 aliphatic carbocycles. The van der Waals surface area contributed by atoms with E-state index in [0.717, 1.165) is 5.56 Å². The third-order valence-corrected chi connectivity index (χ3v) is 5.41. The van der Waals surface area contributed by atoms with Crippen LogP contribution < -0.4 is 0 Å². The molecule has 0 N–H and O–H groups in total. The maximum Gasteiger partial charge on any atom is 0.181 e. The molecular weight excluding hydrogens is 260 g/mol. The van der Waals surface area contributed by atoms with E-state index in [1.54, 1.807) is 25.1 Å². The molecule has 0 heterocycles. The van der Waals surface area contributed by atoms with Gasteiger partial charge in [-0.15, -0.1) is 0 Å². The van der Waals surface area contributed by atoms with Crippen LogP contribution in [-0.4, -0.2) is 25.2 Å². The molecule has 1 unspecified atom stereocenters. The zero-order chi connectivity index (χ0) is 12.6. The van der Waals surface area contributed by atoms with Crippen LogP contribution in [0.2, 0.25) is 5.02 Å². The second-order valence-corrected chi connectivity index (χ2v) is 6.96. The normalized spacial score (nSPS) is 19.4. The summed E-state index contributed by atoms with van der Waals surface area (Å²) < 4.78 is 23.9. The second kappa shape index (κ2) is 4.42. The van der Waals surface area contributed by atoms with E-state index in [1.807, 2.05) is 0 Å². The number of hydrogen-bond acceptors (Lipinski definition) is 3. The molecule has 0 spiro atoms. The molecule has 0 saturated carbocycles. The van der Waals surface area contributed by atoms with E-state index in [1.165, 1.54) is 0 Å². The number of carbonyl (C=O) groups excluding carboxylic acids is 1. The molecule has 3 nitrogen and oxygen atoms in total. The summed E-state index contributed by atoms with van der Waals surface area (Å²) in [6, 6.07) is 4.91. The van der Waals surface area contributed by atoms with Gasteiger partial charge in [-0.1, -0.05) is 18.5 Å². The largest absolute Gasteiger partial charge is 0.293 e. The lowest BCUT2D eigenvalue weighted by Crippen LogP contribution is -2.29. The van der Waals surface area contributed by atoms with Crippen LogP contribution in [0.5, 0.6) is 0 Å². The van der Waals surface area contributed by atoms with Gasteiger partial charge in [-0.2, -0.15) is 0 Å². The number of fused-ring (bicyclic) bond motifs is 1. The summed E-state index contributed by atoms with van der Waals surface area (Å²) in [7, 11) is -3.33. The molecule has 5 heteroatoms. The number of halogens is 1. The van der Waals surface area contributed by atoms with E-state index in [-0.39, 0.29) is 18.0 Å². The molecule has 1 aromatic rings. The first kappa shape index (κ1) is 12.6. The average Bonchev–Trinajstić information content (AvgIpc) is 2.56. The quantitative estimate of drug-likeness (QED) is 0.848. The zero-order valence-electron chi connectivity index (χ0n) is 9.44. The van der Waals surface area contributed by atoms with Crippen molar-refractivity contribution in [2.24, 2.45) is 0 Å². The van der Waals surface area contributed by atoms with Gasteiger partial charge in [-0.3, -0.25) is 4.79 Å². The van der Waals surface area contributed by atoms with Crippen molar-refractivity contribution in [1.29, 1.82) is 0 Å². The van der Waals surface area contributed by atoms with Crippen LogP contribution in [0.1, 0.15) is 29.3 Å². The highest BCUT2D eigenvalue weighted by molar-refractivity contribution is 7.92. The molecule has 1 atom stereocenters. The fraction of sp³-hybridized carbons (Fsp3) is 0.417. The van der Waals surface area contributed by atoms with Gasteiger partial charge >= 0.3 is 0 Å². The standard InChI is InChI=1S/C12H13ClO3S/c1-2-5-17(15,16)11-7-8-6-9(13)3-4-10(8)12(11)14/h3-4,6,11H,2,5,7H2,1H3. The first-order valence-corrected chi connectivity index (χ1v) is 7.59. The average molecular weight is 273 g/mol. The Morgan fingerprint density at radius 3 is 2.76 bits per heavy atom. The molecule has 0 aliphatic heterocycles. The van der Waals surface area contributed by atoms with Gasteiger partial charge in [0.1, 0.15) is 5.25 Å². The van der Waals surface area contributed by atoms with Crippen molar-refractivity contribution < 1.29 is 13.2 Å². The van der Waals surface area contributed by atoms with Gasteiger partial charge < -0.3 is 0 Å². The van der Waals surface area contributed by atoms with Crippen molar-refractivity contribution in [3.05, 3.63) is 34.3 Å². The van der Waals surface area contributed by atoms with Gasteiger partial charge in [0, 0.05) is 10.6 Å². The topological polar surface area (TPSA) is 51.2 Å². The van der Waals surface area contributed by atoms with Gasteiger partial charge in [0.25, 0.3) is 0 Å². The fourth-order valence-electron chi connectivity index (χ4n) is 2.15. The Morgan fingerprint density at radius 1 is 1.41 bits per heavy atom. The molecule has 0 saturated heterocycles. The number of hydrogen-bond donors (Lipinski definition) is 0. The van der Waals surface area contributed by atoms with Crippen molar-refractivity contribution in [2.45, 2.75) is 25.0 Å². The van der Waals surface area contributed by atoms with Gasteiger partial charge in [0.15, 0.2) is 15.6 Å². The monoisotopic (exact) mass is 272 g/mol. The Labute approximate surface area is 106 Å². The molecule has 17 heavy (non-hydrogen) atoms. The lowest BCUT2D eigenvalue weighted by atomic mass is 10.1. The maximum absolute atomic E-state index is 12.0. The van der Waals surface area contributed by atoms with E-state index >= 15 is 0 Å². The maximum atomic E-state index is 12.0. The summed E-state index contributed by atoms with van der Waals surface area (Å²) in [6.45, 7) is 1.79. The lowest BCUT2D eigenvalue weighted by molar-refractivity contribution is 0.0998. The molecule has 1 aliphatic rings. The van der Waals surface area contributed by atoms with Crippen molar-refractivity contribution >= 4 is 27.2 Å². The second-order valence-electron chi connectivity index (χ2n) is 4.23. The lowest BCUT2D eigenvalue weighted by Gasteiger charge is -2.08. The van der Waals surface area contributed by atoms with Crippen LogP contribution in [0.3, 0.4) is 0 Å². The minimum Gasteiger partial charge on any atom is -0.293 e. The molecular formula is C12H13ClO3S. The van der Waals surface area contributed by atoms with E-state index in [9.17, 15) is 13.2 Å². The van der Waals surface area contributed by atoms with Crippen LogP contribution >= 0.6 is 11.6 Å². The SMILES string of the molecule is CCCS(=O)(=O)C1Cc2cc(Cl)ccc2C1=O. The van der Waals surface area contributed by atoms with Crippen LogP contribution in [-0.2, 0) is 16.3 Å². The Morgan fingerprint density at radius 2 is 2.12 bits per heavy atom. The van der Waals surface area contributed by atoms with Crippen molar-refractivity contribution in [3.63, 3.8) is 0 Å². The van der Waals surface area contributed by atoms with Crippen LogP contribution in [0.25, 0.3) is 0 Å². The Kier molecular flexibility index (Phi) is 3.27. The highest BCUT2D eigenvalue weighted by Gasteiger charge is 2.39. The van der Waals surface area contributed by atoms with E-state index in [2.05, 4.69) is 0 Å². The summed E-state index contributed by atoms with van der Waals surface area (Å²) in [4.78, 5) is 12.0. The summed E-state index contributed by atoms with van der Waals surface area (Å²) in [5.41, 5.74) is 1.24. The van der Waals surface area contributed by atoms with E-state index in [0.29, 0.717) is 17.0 Å². The fourth-order valence-corrected chi connectivity index (χ4v) is 4.09. The van der Waals surface area contributed by atoms with E-state index < -0.39 is 15.1 Å². The van der Waals surface area contributed by atoms with Crippen molar-refractivity contribution in [2.75, 3.05) is 5.75 Å². The summed E-state index contributed by atoms with van der Waals surface area (Å²) >= 11 is 5.83. The van der Waals surface area contributed by atoms with Crippen molar-refractivity contribution in [3.8, 4) is 0 Å². The van der Waals surface area contributed by atoms with Gasteiger partial charge in [-0.25, -0.2) is 8.42 Å². The highest BCUT2D eigenvalue weighted by atomic mass is 35.5. The smallest absolute Gasteiger partial charge is 0.181 e. The summed E-state index contributed by atoms with van der Waals surface area (Å²) in [6.07, 6.45) is 0.792. The summed E-state index contributed by atoms with van der Waals surface area (Å²) in [5, 5.41) is -0.374. The minimum atomic E-state index is -3.33. The van der Waals surface area contributed by atoms with E-state index in [4.69, 9.17) is 11.6 Å². The number of Topliss-reactive ketones (excluding diaryl/α,β-unsaturated/α-hetero) is 1. The van der Waals surface area contributed by atoms with Crippen LogP contribution in [0.15, 0.2) is 18.2 Å². The third kappa shape index (κ3) is 2.24. The van der Waals surface area contributed by atoms with Gasteiger partial charge in [-0.05, 0) is 36.6 Å². The molecule has 0 radical (unpaired) electrons. The number of benzene rings is 1. The number of ketones is 1. The first-order chi connectivity index (χ1) is 7.95. The van der Waals surface area contributed by atoms with Crippen molar-refractivity contribution in [1.82, 2.24) is 0 Å². The molecule has 2 rings (SSSR count). The Balaban J connectivity index is 2.38. The zero-order valence-corrected chi connectivity index (χ0v) is 11.0. The minimum absolute atomic E-state index is 0.0606. The number of carbonyl (C=O) groups is 1. The first-order valence-electron chi connectivity index (χ1n) is 5.50. The molecule has 0 fully saturated rings.